The molecule has 3 aromatic rings. The maximum Gasteiger partial charge on any atom is 0.415 e. The Hall–Kier alpha value is -3.11. The molecule has 2 aromatic heterocycles. The minimum absolute atomic E-state index is 0.178. The third kappa shape index (κ3) is 3.19. The number of cyclic esters (lactones) is 1. The van der Waals surface area contributed by atoms with Gasteiger partial charge >= 0.3 is 6.09 Å². The van der Waals surface area contributed by atoms with E-state index in [0.717, 1.165) is 5.69 Å². The molecule has 0 unspecified atom stereocenters. The Bertz CT molecular complexity index is 1090. The van der Waals surface area contributed by atoms with Crippen LogP contribution < -0.4 is 15.0 Å². The van der Waals surface area contributed by atoms with Crippen LogP contribution in [0.25, 0.3) is 5.69 Å². The molecule has 0 saturated carbocycles. The molecule has 0 bridgehead atoms. The summed E-state index contributed by atoms with van der Waals surface area (Å²) in [6.45, 7) is 0.432. The molecule has 2 aliphatic heterocycles. The smallest absolute Gasteiger partial charge is 0.415 e. The third-order valence-corrected chi connectivity index (χ3v) is 6.00. The van der Waals surface area contributed by atoms with Crippen molar-refractivity contribution < 1.29 is 19.1 Å². The van der Waals surface area contributed by atoms with Crippen molar-refractivity contribution in [3.8, 4) is 11.4 Å². The van der Waals surface area contributed by atoms with Crippen molar-refractivity contribution in [3.05, 3.63) is 52.2 Å². The first kappa shape index (κ1) is 18.0. The van der Waals surface area contributed by atoms with Gasteiger partial charge in [0.25, 0.3) is 5.91 Å². The van der Waals surface area contributed by atoms with Crippen LogP contribution in [0, 0.1) is 0 Å². The van der Waals surface area contributed by atoms with E-state index < -0.39 is 12.2 Å². The van der Waals surface area contributed by atoms with Gasteiger partial charge in [-0.1, -0.05) is 11.6 Å². The van der Waals surface area contributed by atoms with Crippen molar-refractivity contribution in [1.82, 2.24) is 20.1 Å². The van der Waals surface area contributed by atoms with E-state index in [1.807, 2.05) is 6.07 Å². The quantitative estimate of drug-likeness (QED) is 0.681. The molecule has 5 rings (SSSR count). The van der Waals surface area contributed by atoms with Crippen LogP contribution in [0.3, 0.4) is 0 Å². The fourth-order valence-electron chi connectivity index (χ4n) is 3.40. The standard InChI is InChI=1S/C18H14ClN5O4S/c19-16-4-3-15(29-16)17(25)21-6-14-12-7-27-13-5-10(23-9-20-8-22-23)1-2-11(13)24(12)18(26)28-14/h1-5,8-9,12,14H,6-7H2,(H,21,25)/t12-,14-/m0/s1. The number of anilines is 1. The van der Waals surface area contributed by atoms with Crippen molar-refractivity contribution in [2.45, 2.75) is 12.1 Å². The maximum absolute atomic E-state index is 12.5. The second kappa shape index (κ2) is 7.05. The van der Waals surface area contributed by atoms with Crippen LogP contribution in [0.5, 0.6) is 5.75 Å². The average Bonchev–Trinajstić information content (AvgIpc) is 3.46. The highest BCUT2D eigenvalue weighted by molar-refractivity contribution is 7.18. The zero-order chi connectivity index (χ0) is 20.0. The molecule has 4 heterocycles. The number of rotatable bonds is 4. The van der Waals surface area contributed by atoms with Gasteiger partial charge in [0, 0.05) is 6.07 Å². The second-order valence-electron chi connectivity index (χ2n) is 6.48. The molecule has 0 aliphatic carbocycles. The van der Waals surface area contributed by atoms with Crippen molar-refractivity contribution in [1.29, 1.82) is 0 Å². The molecule has 148 valence electrons. The number of nitrogens with zero attached hydrogens (tertiary/aromatic N) is 4. The summed E-state index contributed by atoms with van der Waals surface area (Å²) in [6, 6.07) is 8.39. The Morgan fingerprint density at radius 3 is 3.00 bits per heavy atom. The van der Waals surface area contributed by atoms with E-state index in [-0.39, 0.29) is 25.1 Å². The number of nitrogens with one attached hydrogen (secondary N) is 1. The Kier molecular flexibility index (Phi) is 4.36. The first-order valence-electron chi connectivity index (χ1n) is 8.75. The molecule has 2 aliphatic rings. The summed E-state index contributed by atoms with van der Waals surface area (Å²) in [5, 5.41) is 6.89. The van der Waals surface area contributed by atoms with Crippen LogP contribution in [0.2, 0.25) is 4.34 Å². The molecule has 9 nitrogen and oxygen atoms in total. The number of carbonyl (C=O) groups is 2. The van der Waals surface area contributed by atoms with Crippen molar-refractivity contribution in [2.75, 3.05) is 18.1 Å². The van der Waals surface area contributed by atoms with Crippen LogP contribution in [0.4, 0.5) is 10.5 Å². The first-order valence-corrected chi connectivity index (χ1v) is 9.95. The number of ether oxygens (including phenoxy) is 2. The number of carbonyl (C=O) groups excluding carboxylic acids is 2. The number of hydrogen-bond acceptors (Lipinski definition) is 7. The van der Waals surface area contributed by atoms with Gasteiger partial charge < -0.3 is 14.8 Å². The molecule has 1 saturated heterocycles. The number of hydrogen-bond donors (Lipinski definition) is 1. The van der Waals surface area contributed by atoms with Crippen LogP contribution >= 0.6 is 22.9 Å². The van der Waals surface area contributed by atoms with Gasteiger partial charge in [0.1, 0.15) is 37.2 Å². The topological polar surface area (TPSA) is 98.6 Å². The minimum Gasteiger partial charge on any atom is -0.489 e. The van der Waals surface area contributed by atoms with Crippen LogP contribution in [-0.4, -0.2) is 52.1 Å². The monoisotopic (exact) mass is 431 g/mol. The molecular formula is C18H14ClN5O4S. The zero-order valence-corrected chi connectivity index (χ0v) is 16.4. The molecule has 1 N–H and O–H groups in total. The maximum atomic E-state index is 12.5. The largest absolute Gasteiger partial charge is 0.489 e. The predicted octanol–water partition coefficient (Wildman–Crippen LogP) is 2.50. The summed E-state index contributed by atoms with van der Waals surface area (Å²) in [5.41, 5.74) is 1.39. The number of fused-ring (bicyclic) bond motifs is 3. The summed E-state index contributed by atoms with van der Waals surface area (Å²) in [7, 11) is 0. The van der Waals surface area contributed by atoms with Gasteiger partial charge in [0.2, 0.25) is 0 Å². The third-order valence-electron chi connectivity index (χ3n) is 4.77. The normalized spacial score (nSPS) is 19.9. The highest BCUT2D eigenvalue weighted by Crippen LogP contribution is 2.39. The van der Waals surface area contributed by atoms with E-state index in [9.17, 15) is 9.59 Å². The Morgan fingerprint density at radius 1 is 1.34 bits per heavy atom. The van der Waals surface area contributed by atoms with Gasteiger partial charge in [-0.2, -0.15) is 5.10 Å². The van der Waals surface area contributed by atoms with E-state index >= 15 is 0 Å². The van der Waals surface area contributed by atoms with Gasteiger partial charge in [-0.05, 0) is 24.3 Å². The van der Waals surface area contributed by atoms with Gasteiger partial charge in [0.05, 0.1) is 27.1 Å². The number of benzene rings is 1. The van der Waals surface area contributed by atoms with E-state index in [2.05, 4.69) is 15.4 Å². The number of halogens is 1. The molecule has 11 heteroatoms. The summed E-state index contributed by atoms with van der Waals surface area (Å²) >= 11 is 7.06. The highest BCUT2D eigenvalue weighted by atomic mass is 35.5. The summed E-state index contributed by atoms with van der Waals surface area (Å²) < 4.78 is 13.5. The van der Waals surface area contributed by atoms with Gasteiger partial charge in [0.15, 0.2) is 0 Å². The van der Waals surface area contributed by atoms with E-state index in [0.29, 0.717) is 20.7 Å². The van der Waals surface area contributed by atoms with Crippen LogP contribution in [0.1, 0.15) is 9.67 Å². The lowest BCUT2D eigenvalue weighted by atomic mass is 10.1. The Morgan fingerprint density at radius 2 is 2.24 bits per heavy atom. The summed E-state index contributed by atoms with van der Waals surface area (Å²) in [6.07, 6.45) is 2.03. The zero-order valence-electron chi connectivity index (χ0n) is 14.8. The van der Waals surface area contributed by atoms with Crippen LogP contribution in [0.15, 0.2) is 43.0 Å². The van der Waals surface area contributed by atoms with Gasteiger partial charge in [-0.25, -0.2) is 14.5 Å². The SMILES string of the molecule is O=C(NC[C@@H]1OC(=O)N2c3ccc(-n4cncn4)cc3OC[C@@H]12)c1ccc(Cl)s1. The molecule has 29 heavy (non-hydrogen) atoms. The molecule has 0 radical (unpaired) electrons. The van der Waals surface area contributed by atoms with Gasteiger partial charge in [-0.15, -0.1) is 11.3 Å². The molecular weight excluding hydrogens is 418 g/mol. The van der Waals surface area contributed by atoms with E-state index in [1.165, 1.54) is 17.7 Å². The lowest BCUT2D eigenvalue weighted by Gasteiger charge is -2.31. The lowest BCUT2D eigenvalue weighted by molar-refractivity contribution is 0.0890. The highest BCUT2D eigenvalue weighted by Gasteiger charge is 2.46. The minimum atomic E-state index is -0.523. The van der Waals surface area contributed by atoms with Crippen LogP contribution in [-0.2, 0) is 4.74 Å². The number of amides is 2. The average molecular weight is 432 g/mol. The molecule has 2 amide bonds. The molecule has 2 atom stereocenters. The molecule has 1 aromatic carbocycles. The van der Waals surface area contributed by atoms with Crippen molar-refractivity contribution >= 4 is 40.6 Å². The summed E-state index contributed by atoms with van der Waals surface area (Å²) in [4.78, 5) is 30.8. The number of aromatic nitrogens is 3. The fourth-order valence-corrected chi connectivity index (χ4v) is 4.36. The predicted molar refractivity (Wildman–Crippen MR) is 105 cm³/mol. The van der Waals surface area contributed by atoms with E-state index in [1.54, 1.807) is 40.2 Å². The van der Waals surface area contributed by atoms with Gasteiger partial charge in [-0.3, -0.25) is 9.69 Å². The Labute approximate surface area is 173 Å². The fraction of sp³-hybridized carbons (Fsp3) is 0.222. The summed E-state index contributed by atoms with van der Waals surface area (Å²) in [5.74, 6) is 0.301. The molecule has 1 fully saturated rings. The van der Waals surface area contributed by atoms with Crippen molar-refractivity contribution in [3.63, 3.8) is 0 Å². The Balaban J connectivity index is 1.32. The first-order chi connectivity index (χ1) is 14.1. The molecule has 0 spiro atoms. The lowest BCUT2D eigenvalue weighted by Crippen LogP contribution is -2.47. The van der Waals surface area contributed by atoms with Crippen molar-refractivity contribution in [2.24, 2.45) is 0 Å². The van der Waals surface area contributed by atoms with E-state index in [4.69, 9.17) is 21.1 Å². The second-order valence-corrected chi connectivity index (χ2v) is 8.19. The number of thiophene rings is 1.